The fourth-order valence-corrected chi connectivity index (χ4v) is 1.34. The van der Waals surface area contributed by atoms with Crippen LogP contribution in [0.4, 0.5) is 0 Å². The largest absolute Gasteiger partial charge is 0.468 e. The molecule has 0 aliphatic carbocycles. The van der Waals surface area contributed by atoms with E-state index in [1.54, 1.807) is 0 Å². The summed E-state index contributed by atoms with van der Waals surface area (Å²) in [5, 5.41) is 0. The third-order valence-corrected chi connectivity index (χ3v) is 2.73. The number of nitrogens with two attached hydrogens (primary N) is 1. The minimum atomic E-state index is -0.524. The van der Waals surface area contributed by atoms with Crippen molar-refractivity contribution in [3.8, 4) is 0 Å². The summed E-state index contributed by atoms with van der Waals surface area (Å²) in [5.74, 6) is -0.181. The molecule has 0 unspecified atom stereocenters. The zero-order valence-corrected chi connectivity index (χ0v) is 12.4. The molecule has 0 fully saturated rings. The van der Waals surface area contributed by atoms with Gasteiger partial charge in [-0.25, -0.2) is 0 Å². The number of hydrogen-bond donors (Lipinski definition) is 1. The van der Waals surface area contributed by atoms with E-state index in [1.165, 1.54) is 7.11 Å². The Bertz CT molecular complexity index is 188. The molecular weight excluding hydrogens is 307 g/mol. The number of likely N-dealkylation sites (N-methyl/N-ethyl adjacent to an activating group) is 1. The van der Waals surface area contributed by atoms with Gasteiger partial charge < -0.3 is 10.5 Å². The Morgan fingerprint density at radius 1 is 1.40 bits per heavy atom. The van der Waals surface area contributed by atoms with Gasteiger partial charge in [-0.2, -0.15) is 0 Å². The Morgan fingerprint density at radius 2 is 1.93 bits per heavy atom. The Balaban J connectivity index is 0. The van der Waals surface area contributed by atoms with Gasteiger partial charge in [-0.3, -0.25) is 9.69 Å². The van der Waals surface area contributed by atoms with E-state index < -0.39 is 5.54 Å². The van der Waals surface area contributed by atoms with E-state index in [2.05, 4.69) is 0 Å². The van der Waals surface area contributed by atoms with Gasteiger partial charge in [0.05, 0.1) is 7.11 Å². The fraction of sp³-hybridized carbons (Fsp3) is 0.900. The zero-order valence-electron chi connectivity index (χ0n) is 10.1. The summed E-state index contributed by atoms with van der Waals surface area (Å²) in [6.07, 6.45) is 2.67. The molecule has 0 aromatic heterocycles. The van der Waals surface area contributed by atoms with Crippen LogP contribution in [0.3, 0.4) is 0 Å². The van der Waals surface area contributed by atoms with Gasteiger partial charge in [0.1, 0.15) is 5.54 Å². The Morgan fingerprint density at radius 3 is 2.27 bits per heavy atom. The van der Waals surface area contributed by atoms with Crippen molar-refractivity contribution in [2.24, 2.45) is 5.73 Å². The molecule has 0 saturated heterocycles. The average Bonchev–Trinajstić information content (AvgIpc) is 2.16. The summed E-state index contributed by atoms with van der Waals surface area (Å²) in [6, 6.07) is 0. The van der Waals surface area contributed by atoms with Crippen molar-refractivity contribution in [2.45, 2.75) is 31.7 Å². The van der Waals surface area contributed by atoms with Gasteiger partial charge in [-0.05, 0) is 46.8 Å². The molecule has 0 aromatic carbocycles. The highest BCUT2D eigenvalue weighted by atomic mass is 127. The van der Waals surface area contributed by atoms with Gasteiger partial charge in [0.25, 0.3) is 0 Å². The van der Waals surface area contributed by atoms with Crippen molar-refractivity contribution < 1.29 is 9.53 Å². The van der Waals surface area contributed by atoms with Crippen LogP contribution in [0, 0.1) is 0 Å². The summed E-state index contributed by atoms with van der Waals surface area (Å²) in [7, 11) is 5.20. The minimum absolute atomic E-state index is 0. The van der Waals surface area contributed by atoms with E-state index in [4.69, 9.17) is 10.5 Å². The first-order chi connectivity index (χ1) is 6.49. The van der Waals surface area contributed by atoms with Gasteiger partial charge in [0, 0.05) is 0 Å². The lowest BCUT2D eigenvalue weighted by Gasteiger charge is -2.33. The van der Waals surface area contributed by atoms with Crippen LogP contribution in [0.15, 0.2) is 0 Å². The monoisotopic (exact) mass is 330 g/mol. The Hall–Kier alpha value is 0.120. The van der Waals surface area contributed by atoms with Crippen molar-refractivity contribution in [3.63, 3.8) is 0 Å². The smallest absolute Gasteiger partial charge is 0.325 e. The van der Waals surface area contributed by atoms with Crippen LogP contribution in [0.1, 0.15) is 26.2 Å². The van der Waals surface area contributed by atoms with Crippen molar-refractivity contribution in [3.05, 3.63) is 0 Å². The highest BCUT2D eigenvalue weighted by molar-refractivity contribution is 14.0. The molecule has 0 amide bonds. The molecule has 0 saturated carbocycles. The van der Waals surface area contributed by atoms with Crippen LogP contribution in [-0.2, 0) is 9.53 Å². The first-order valence-corrected chi connectivity index (χ1v) is 4.95. The molecule has 0 aliphatic rings. The van der Waals surface area contributed by atoms with Crippen molar-refractivity contribution in [2.75, 3.05) is 27.7 Å². The molecule has 4 nitrogen and oxygen atoms in total. The van der Waals surface area contributed by atoms with Crippen LogP contribution in [-0.4, -0.2) is 44.2 Å². The highest BCUT2D eigenvalue weighted by Crippen LogP contribution is 2.20. The Kier molecular flexibility index (Phi) is 9.68. The van der Waals surface area contributed by atoms with Crippen molar-refractivity contribution >= 4 is 29.9 Å². The van der Waals surface area contributed by atoms with Gasteiger partial charge in [-0.1, -0.05) is 0 Å². The Labute approximate surface area is 110 Å². The molecule has 92 valence electrons. The van der Waals surface area contributed by atoms with E-state index in [-0.39, 0.29) is 29.9 Å². The van der Waals surface area contributed by atoms with E-state index in [0.717, 1.165) is 19.3 Å². The molecule has 0 spiro atoms. The molecule has 1 atom stereocenters. The van der Waals surface area contributed by atoms with Crippen molar-refractivity contribution in [1.29, 1.82) is 0 Å². The third kappa shape index (κ3) is 5.12. The van der Waals surface area contributed by atoms with Gasteiger partial charge >= 0.3 is 5.97 Å². The van der Waals surface area contributed by atoms with Crippen LogP contribution in [0.2, 0.25) is 0 Å². The molecule has 0 radical (unpaired) electrons. The number of esters is 1. The summed E-state index contributed by atoms with van der Waals surface area (Å²) in [6.45, 7) is 2.57. The van der Waals surface area contributed by atoms with E-state index in [9.17, 15) is 4.79 Å². The number of hydrogen-bond acceptors (Lipinski definition) is 4. The SMILES string of the molecule is COC(=O)[C@](C)(CCCCN)N(C)C.I. The topological polar surface area (TPSA) is 55.6 Å². The summed E-state index contributed by atoms with van der Waals surface area (Å²) >= 11 is 0. The number of methoxy groups -OCH3 is 1. The first kappa shape index (κ1) is 17.5. The van der Waals surface area contributed by atoms with Gasteiger partial charge in [-0.15, -0.1) is 24.0 Å². The maximum absolute atomic E-state index is 11.6. The van der Waals surface area contributed by atoms with Crippen LogP contribution < -0.4 is 5.73 Å². The summed E-state index contributed by atoms with van der Waals surface area (Å²) in [5.41, 5.74) is 4.89. The fourth-order valence-electron chi connectivity index (χ4n) is 1.34. The molecule has 0 aromatic rings. The maximum Gasteiger partial charge on any atom is 0.325 e. The van der Waals surface area contributed by atoms with Crippen LogP contribution in [0.25, 0.3) is 0 Å². The van der Waals surface area contributed by atoms with E-state index in [0.29, 0.717) is 6.54 Å². The highest BCUT2D eigenvalue weighted by Gasteiger charge is 2.35. The molecule has 0 rings (SSSR count). The lowest BCUT2D eigenvalue weighted by atomic mass is 9.93. The lowest BCUT2D eigenvalue weighted by Crippen LogP contribution is -2.49. The second-order valence-corrected chi connectivity index (χ2v) is 3.91. The average molecular weight is 330 g/mol. The predicted molar refractivity (Wildman–Crippen MR) is 72.4 cm³/mol. The maximum atomic E-state index is 11.6. The molecule has 0 aliphatic heterocycles. The van der Waals surface area contributed by atoms with Crippen molar-refractivity contribution in [1.82, 2.24) is 4.90 Å². The second kappa shape index (κ2) is 8.29. The lowest BCUT2D eigenvalue weighted by molar-refractivity contribution is -0.153. The zero-order chi connectivity index (χ0) is 11.2. The van der Waals surface area contributed by atoms with Gasteiger partial charge in [0.2, 0.25) is 0 Å². The summed E-state index contributed by atoms with van der Waals surface area (Å²) in [4.78, 5) is 13.5. The first-order valence-electron chi connectivity index (χ1n) is 4.95. The molecule has 15 heavy (non-hydrogen) atoms. The molecule has 5 heteroatoms. The van der Waals surface area contributed by atoms with Gasteiger partial charge in [0.15, 0.2) is 0 Å². The molecule has 0 heterocycles. The standard InChI is InChI=1S/C10H22N2O2.HI/c1-10(12(2)3,9(13)14-4)7-5-6-8-11;/h5-8,11H2,1-4H3;1H/t10-;/m0./s1. The third-order valence-electron chi connectivity index (χ3n) is 2.73. The van der Waals surface area contributed by atoms with Crippen LogP contribution >= 0.6 is 24.0 Å². The number of ether oxygens (including phenoxy) is 1. The second-order valence-electron chi connectivity index (χ2n) is 3.91. The number of nitrogens with zero attached hydrogens (tertiary/aromatic N) is 1. The van der Waals surface area contributed by atoms with Crippen LogP contribution in [0.5, 0.6) is 0 Å². The summed E-state index contributed by atoms with van der Waals surface area (Å²) < 4.78 is 4.80. The molecule has 0 bridgehead atoms. The number of halogens is 1. The molecule has 2 N–H and O–H groups in total. The predicted octanol–water partition coefficient (Wildman–Crippen LogP) is 1.23. The minimum Gasteiger partial charge on any atom is -0.468 e. The number of carbonyl (C=O) groups is 1. The molecular formula is C10H23IN2O2. The normalized spacial score (nSPS) is 14.3. The quantitative estimate of drug-likeness (QED) is 0.452. The van der Waals surface area contributed by atoms with E-state index >= 15 is 0 Å². The van der Waals surface area contributed by atoms with E-state index in [1.807, 2.05) is 25.9 Å². The number of unbranched alkanes of at least 4 members (excludes halogenated alkanes) is 1. The number of rotatable bonds is 6. The number of carbonyl (C=O) groups excluding carboxylic acids is 1.